The molecule has 0 spiro atoms. The van der Waals surface area contributed by atoms with Crippen LogP contribution >= 0.6 is 0 Å². The van der Waals surface area contributed by atoms with Crippen molar-refractivity contribution < 1.29 is 13.5 Å². The number of nitrogens with one attached hydrogen (secondary N) is 1. The SMILES string of the molecule is N#CS(=O)(=O)N[N+](=O)[O-]. The summed E-state index contributed by atoms with van der Waals surface area (Å²) in [6.07, 6.45) is 0. The fourth-order valence-corrected chi connectivity index (χ4v) is 0.356. The Balaban J connectivity index is 4.29. The molecule has 0 saturated carbocycles. The second kappa shape index (κ2) is 2.27. The van der Waals surface area contributed by atoms with Crippen molar-refractivity contribution in [1.29, 1.82) is 5.26 Å². The molecule has 0 radical (unpaired) electrons. The third-order valence-corrected chi connectivity index (χ3v) is 0.945. The van der Waals surface area contributed by atoms with E-state index in [2.05, 4.69) is 0 Å². The number of hydrazine groups is 1. The van der Waals surface area contributed by atoms with Crippen molar-refractivity contribution in [2.24, 2.45) is 0 Å². The van der Waals surface area contributed by atoms with Gasteiger partial charge in [-0.25, -0.2) is 10.1 Å². The van der Waals surface area contributed by atoms with Gasteiger partial charge < -0.3 is 0 Å². The van der Waals surface area contributed by atoms with Crippen molar-refractivity contribution in [3.8, 4) is 5.40 Å². The van der Waals surface area contributed by atoms with Gasteiger partial charge in [-0.3, -0.25) is 0 Å². The quantitative estimate of drug-likeness (QED) is 0.225. The molecule has 7 nitrogen and oxygen atoms in total. The highest BCUT2D eigenvalue weighted by Gasteiger charge is 2.12. The minimum absolute atomic E-state index is 0.692. The molecule has 50 valence electrons. The summed E-state index contributed by atoms with van der Waals surface area (Å²) >= 11 is 0. The van der Waals surface area contributed by atoms with Crippen LogP contribution in [0, 0.1) is 20.8 Å². The van der Waals surface area contributed by atoms with E-state index in [9.17, 15) is 18.5 Å². The number of thiocyanates is 1. The molecule has 0 aliphatic rings. The first kappa shape index (κ1) is 7.64. The molecule has 0 rings (SSSR count). The second-order valence-corrected chi connectivity index (χ2v) is 2.32. The zero-order chi connectivity index (χ0) is 7.49. The highest BCUT2D eigenvalue weighted by molar-refractivity contribution is 7.93. The highest BCUT2D eigenvalue weighted by Crippen LogP contribution is 1.75. The Morgan fingerprint density at radius 3 is 2.22 bits per heavy atom. The molecule has 0 saturated heterocycles. The van der Waals surface area contributed by atoms with Crippen molar-refractivity contribution in [1.82, 2.24) is 4.83 Å². The third-order valence-electron chi connectivity index (χ3n) is 0.315. The molecule has 0 heterocycles. The van der Waals surface area contributed by atoms with Crippen LogP contribution in [0.2, 0.25) is 0 Å². The molecule has 0 fully saturated rings. The van der Waals surface area contributed by atoms with Crippen LogP contribution in [0.5, 0.6) is 0 Å². The molecule has 0 bridgehead atoms. The monoisotopic (exact) mass is 151 g/mol. The maximum absolute atomic E-state index is 9.90. The molecule has 8 heteroatoms. The number of rotatable bonds is 2. The minimum atomic E-state index is -4.36. The molecule has 0 amide bonds. The van der Waals surface area contributed by atoms with E-state index in [-0.39, 0.29) is 0 Å². The van der Waals surface area contributed by atoms with E-state index in [1.807, 2.05) is 0 Å². The smallest absolute Gasteiger partial charge is 0.234 e. The van der Waals surface area contributed by atoms with Crippen LogP contribution in [-0.2, 0) is 10.0 Å². The lowest BCUT2D eigenvalue weighted by atomic mass is 11.8. The van der Waals surface area contributed by atoms with Crippen molar-refractivity contribution in [3.05, 3.63) is 10.1 Å². The third kappa shape index (κ3) is 3.24. The van der Waals surface area contributed by atoms with Crippen LogP contribution in [-0.4, -0.2) is 13.5 Å². The molecule has 0 unspecified atom stereocenters. The standard InChI is InChI=1S/CHN3O4S/c2-1-9(7,8)3-4(5)6/h3H. The molecule has 0 aliphatic heterocycles. The largest absolute Gasteiger partial charge is 0.376 e. The summed E-state index contributed by atoms with van der Waals surface area (Å²) in [5, 5.41) is 16.3. The lowest BCUT2D eigenvalue weighted by Gasteiger charge is -1.85. The lowest BCUT2D eigenvalue weighted by molar-refractivity contribution is -0.518. The topological polar surface area (TPSA) is 113 Å². The molecule has 0 aliphatic carbocycles. The molecular formula is CHN3O4S. The highest BCUT2D eigenvalue weighted by atomic mass is 32.2. The number of nitrogens with zero attached hydrogens (tertiary/aromatic N) is 2. The summed E-state index contributed by atoms with van der Waals surface area (Å²) in [6, 6.07) is 0. The van der Waals surface area contributed by atoms with Gasteiger partial charge in [-0.05, 0) is 4.83 Å². The average Bonchev–Trinajstić information content (AvgIpc) is 1.63. The summed E-state index contributed by atoms with van der Waals surface area (Å²) in [6.45, 7) is 0. The fourth-order valence-electron chi connectivity index (χ4n) is 0.119. The zero-order valence-corrected chi connectivity index (χ0v) is 4.75. The van der Waals surface area contributed by atoms with Crippen LogP contribution < -0.4 is 4.83 Å². The van der Waals surface area contributed by atoms with E-state index >= 15 is 0 Å². The van der Waals surface area contributed by atoms with E-state index in [1.165, 1.54) is 0 Å². The Bertz CT molecular complexity index is 245. The van der Waals surface area contributed by atoms with Crippen LogP contribution in [0.1, 0.15) is 0 Å². The summed E-state index contributed by atoms with van der Waals surface area (Å²) in [5.41, 5.74) is 0. The van der Waals surface area contributed by atoms with Crippen molar-refractivity contribution >= 4 is 10.0 Å². The first-order valence-corrected chi connectivity index (χ1v) is 3.04. The van der Waals surface area contributed by atoms with Crippen LogP contribution in [0.25, 0.3) is 0 Å². The molecule has 0 atom stereocenters. The van der Waals surface area contributed by atoms with Gasteiger partial charge in [0.05, 0.1) is 0 Å². The maximum Gasteiger partial charge on any atom is 0.376 e. The number of sulfonamides is 1. The summed E-state index contributed by atoms with van der Waals surface area (Å²) in [7, 11) is -4.36. The van der Waals surface area contributed by atoms with Gasteiger partial charge in [0, 0.05) is 0 Å². The molecule has 0 aromatic carbocycles. The van der Waals surface area contributed by atoms with Crippen LogP contribution in [0.3, 0.4) is 0 Å². The van der Waals surface area contributed by atoms with Gasteiger partial charge >= 0.3 is 10.0 Å². The molecule has 0 aromatic heterocycles. The molecular weight excluding hydrogens is 150 g/mol. The molecule has 9 heavy (non-hydrogen) atoms. The number of hydrogen-bond acceptors (Lipinski definition) is 5. The molecule has 0 aromatic rings. The first-order chi connectivity index (χ1) is 3.98. The van der Waals surface area contributed by atoms with E-state index in [1.54, 1.807) is 0 Å². The van der Waals surface area contributed by atoms with Gasteiger partial charge in [0.25, 0.3) is 0 Å². The van der Waals surface area contributed by atoms with Crippen LogP contribution in [0.4, 0.5) is 0 Å². The Morgan fingerprint density at radius 2 is 2.11 bits per heavy atom. The summed E-state index contributed by atoms with van der Waals surface area (Å²) < 4.78 is 19.8. The van der Waals surface area contributed by atoms with E-state index in [4.69, 9.17) is 5.26 Å². The van der Waals surface area contributed by atoms with Crippen molar-refractivity contribution in [2.45, 2.75) is 0 Å². The van der Waals surface area contributed by atoms with Crippen molar-refractivity contribution in [3.63, 3.8) is 0 Å². The summed E-state index contributed by atoms with van der Waals surface area (Å²) in [4.78, 5) is 10.1. The Hall–Kier alpha value is -1.36. The van der Waals surface area contributed by atoms with Gasteiger partial charge in [0.2, 0.25) is 5.40 Å². The number of nitro groups is 1. The Morgan fingerprint density at radius 1 is 1.67 bits per heavy atom. The zero-order valence-electron chi connectivity index (χ0n) is 3.94. The average molecular weight is 151 g/mol. The lowest BCUT2D eigenvalue weighted by Crippen LogP contribution is -2.27. The van der Waals surface area contributed by atoms with Gasteiger partial charge in [-0.2, -0.15) is 13.7 Å². The Labute approximate surface area is 50.1 Å². The predicted molar refractivity (Wildman–Crippen MR) is 24.7 cm³/mol. The molecule has 1 N–H and O–H groups in total. The summed E-state index contributed by atoms with van der Waals surface area (Å²) in [5.74, 6) is 0. The predicted octanol–water partition coefficient (Wildman–Crippen LogP) is -1.42. The fraction of sp³-hybridized carbons (Fsp3) is 0. The second-order valence-electron chi connectivity index (χ2n) is 0.943. The minimum Gasteiger partial charge on any atom is -0.234 e. The number of hydrogen-bond donors (Lipinski definition) is 1. The van der Waals surface area contributed by atoms with E-state index < -0.39 is 15.1 Å². The number of nitriles is 1. The van der Waals surface area contributed by atoms with E-state index in [0.29, 0.717) is 5.40 Å². The van der Waals surface area contributed by atoms with Gasteiger partial charge in [-0.1, -0.05) is 0 Å². The maximum atomic E-state index is 9.90. The van der Waals surface area contributed by atoms with Gasteiger partial charge in [-0.15, -0.1) is 0 Å². The van der Waals surface area contributed by atoms with Crippen molar-refractivity contribution in [2.75, 3.05) is 0 Å². The van der Waals surface area contributed by atoms with Gasteiger partial charge in [0.1, 0.15) is 0 Å². The first-order valence-electron chi connectivity index (χ1n) is 1.55. The van der Waals surface area contributed by atoms with E-state index in [0.717, 1.165) is 4.83 Å². The van der Waals surface area contributed by atoms with Gasteiger partial charge in [0.15, 0.2) is 5.03 Å². The van der Waals surface area contributed by atoms with Crippen LogP contribution in [0.15, 0.2) is 0 Å². The Kier molecular flexibility index (Phi) is 1.93. The normalized spacial score (nSPS) is 9.67.